The highest BCUT2D eigenvalue weighted by Gasteiger charge is 2.30. The lowest BCUT2D eigenvalue weighted by Crippen LogP contribution is -2.10. The second kappa shape index (κ2) is 4.21. The zero-order valence-electron chi connectivity index (χ0n) is 8.28. The molecule has 0 aliphatic heterocycles. The normalized spacial score (nSPS) is 24.1. The van der Waals surface area contributed by atoms with Crippen LogP contribution in [-0.2, 0) is 9.09 Å². The van der Waals surface area contributed by atoms with E-state index in [0.717, 1.165) is 11.3 Å². The molecule has 2 atom stereocenters. The van der Waals surface area contributed by atoms with Gasteiger partial charge < -0.3 is 5.11 Å². The Labute approximate surface area is 79.7 Å². The number of allylic oxidation sites excluding steroid dienone is 1. The third kappa shape index (κ3) is 2.52. The largest absolute Gasteiger partial charge is 0.552 e. The van der Waals surface area contributed by atoms with Gasteiger partial charge in [0.05, 0.1) is 6.10 Å². The summed E-state index contributed by atoms with van der Waals surface area (Å²) in [7, 11) is -1.60. The molecule has 0 spiro atoms. The molecule has 2 unspecified atom stereocenters. The van der Waals surface area contributed by atoms with Crippen molar-refractivity contribution in [1.82, 2.24) is 0 Å². The zero-order chi connectivity index (χ0) is 10.0. The fourth-order valence-electron chi connectivity index (χ4n) is 1.71. The van der Waals surface area contributed by atoms with Crippen LogP contribution < -0.4 is 0 Å². The lowest BCUT2D eigenvalue weighted by Gasteiger charge is -2.11. The summed E-state index contributed by atoms with van der Waals surface area (Å²) in [6.45, 7) is 5.55. The maximum Gasteiger partial charge on any atom is 0.552 e. The van der Waals surface area contributed by atoms with Gasteiger partial charge in [0.2, 0.25) is 0 Å². The van der Waals surface area contributed by atoms with Gasteiger partial charge in [-0.05, 0) is 16.9 Å². The van der Waals surface area contributed by atoms with E-state index in [0.29, 0.717) is 12.8 Å². The van der Waals surface area contributed by atoms with E-state index in [1.165, 1.54) is 6.66 Å². The van der Waals surface area contributed by atoms with Crippen LogP contribution in [0.5, 0.6) is 0 Å². The summed E-state index contributed by atoms with van der Waals surface area (Å²) in [5.74, 6) is 1.01. The van der Waals surface area contributed by atoms with Crippen molar-refractivity contribution in [3.63, 3.8) is 0 Å². The van der Waals surface area contributed by atoms with E-state index in [-0.39, 0.29) is 5.92 Å². The fourth-order valence-corrected chi connectivity index (χ4v) is 2.22. The van der Waals surface area contributed by atoms with E-state index in [2.05, 4.69) is 0 Å². The summed E-state index contributed by atoms with van der Waals surface area (Å²) in [6, 6.07) is 0. The Kier molecular flexibility index (Phi) is 3.46. The van der Waals surface area contributed by atoms with Crippen LogP contribution in [0.3, 0.4) is 0 Å². The summed E-state index contributed by atoms with van der Waals surface area (Å²) in [4.78, 5) is 0. The minimum absolute atomic E-state index is 0.266. The van der Waals surface area contributed by atoms with Crippen LogP contribution in [0.2, 0.25) is 0 Å². The Balaban J connectivity index is 2.82. The average Bonchev–Trinajstić information content (AvgIpc) is 2.30. The van der Waals surface area contributed by atoms with Crippen LogP contribution in [0, 0.1) is 5.92 Å². The molecule has 1 aliphatic carbocycles. The highest BCUT2D eigenvalue weighted by Crippen LogP contribution is 2.37. The van der Waals surface area contributed by atoms with Crippen LogP contribution in [0.15, 0.2) is 11.3 Å². The first-order valence-electron chi connectivity index (χ1n) is 4.52. The average molecular weight is 203 g/mol. The Morgan fingerprint density at radius 2 is 2.23 bits per heavy atom. The van der Waals surface area contributed by atoms with E-state index in [1.807, 2.05) is 13.8 Å². The minimum atomic E-state index is -1.60. The van der Waals surface area contributed by atoms with Crippen molar-refractivity contribution in [3.8, 4) is 0 Å². The van der Waals surface area contributed by atoms with Crippen molar-refractivity contribution in [2.45, 2.75) is 32.8 Å². The molecule has 0 bridgehead atoms. The molecule has 0 heterocycles. The van der Waals surface area contributed by atoms with Crippen molar-refractivity contribution in [1.29, 1.82) is 0 Å². The number of aliphatic hydroxyl groups excluding tert-OH is 1. The van der Waals surface area contributed by atoms with Gasteiger partial charge in [0.25, 0.3) is 0 Å². The minimum Gasteiger partial charge on any atom is -0.389 e. The number of aliphatic hydroxyl groups is 1. The summed E-state index contributed by atoms with van der Waals surface area (Å²) in [5.41, 5.74) is 0.921. The molecule has 0 aromatic rings. The molecular formula is C9H16O3P+. The van der Waals surface area contributed by atoms with Gasteiger partial charge in [0.15, 0.2) is 12.4 Å². The van der Waals surface area contributed by atoms with Gasteiger partial charge in [0.1, 0.15) is 0 Å². The van der Waals surface area contributed by atoms with Crippen LogP contribution >= 0.6 is 8.03 Å². The molecule has 4 heteroatoms. The second-order valence-electron chi connectivity index (χ2n) is 3.62. The zero-order valence-corrected chi connectivity index (χ0v) is 9.17. The number of hydrogen-bond donors (Lipinski definition) is 1. The summed E-state index contributed by atoms with van der Waals surface area (Å²) < 4.78 is 16.1. The van der Waals surface area contributed by atoms with Gasteiger partial charge in [0, 0.05) is 12.0 Å². The highest BCUT2D eigenvalue weighted by atomic mass is 31.1. The highest BCUT2D eigenvalue weighted by molar-refractivity contribution is 7.38. The van der Waals surface area contributed by atoms with Crippen LogP contribution in [0.1, 0.15) is 26.7 Å². The summed E-state index contributed by atoms with van der Waals surface area (Å²) in [5, 5.41) is 9.61. The molecule has 0 saturated carbocycles. The molecule has 0 amide bonds. The number of rotatable bonds is 3. The van der Waals surface area contributed by atoms with Gasteiger partial charge in [-0.25, -0.2) is 0 Å². The molecule has 1 N–H and O–H groups in total. The third-order valence-corrected chi connectivity index (χ3v) is 2.66. The second-order valence-corrected chi connectivity index (χ2v) is 4.68. The van der Waals surface area contributed by atoms with Crippen molar-refractivity contribution in [2.75, 3.05) is 6.66 Å². The molecule has 0 aromatic heterocycles. The number of hydrogen-bond acceptors (Lipinski definition) is 3. The maximum absolute atomic E-state index is 10.9. The van der Waals surface area contributed by atoms with Crippen molar-refractivity contribution < 1.29 is 14.2 Å². The predicted octanol–water partition coefficient (Wildman–Crippen LogP) is 2.44. The van der Waals surface area contributed by atoms with Crippen LogP contribution in [0.4, 0.5) is 0 Å². The standard InChI is InChI=1S/C9H16O3P/c1-6(2)9-7(10)4-5-8(9)12-13(3)11/h6-7,10H,4-5H2,1-3H3/q+1. The van der Waals surface area contributed by atoms with E-state index in [1.54, 1.807) is 0 Å². The van der Waals surface area contributed by atoms with Crippen LogP contribution in [-0.4, -0.2) is 17.9 Å². The smallest absolute Gasteiger partial charge is 0.389 e. The first-order valence-corrected chi connectivity index (χ1v) is 6.14. The molecule has 0 radical (unpaired) electrons. The van der Waals surface area contributed by atoms with Gasteiger partial charge in [-0.2, -0.15) is 0 Å². The fraction of sp³-hybridized carbons (Fsp3) is 0.778. The molecule has 74 valence electrons. The Hall–Kier alpha value is -0.400. The molecule has 1 aliphatic rings. The molecule has 13 heavy (non-hydrogen) atoms. The lowest BCUT2D eigenvalue weighted by atomic mass is 10.0. The van der Waals surface area contributed by atoms with E-state index < -0.39 is 14.1 Å². The SMILES string of the molecule is CC(C)C1=C(O[P+](C)=O)CCC1O. The molecule has 1 rings (SSSR count). The summed E-state index contributed by atoms with van der Waals surface area (Å²) >= 11 is 0. The van der Waals surface area contributed by atoms with Crippen molar-refractivity contribution in [3.05, 3.63) is 11.3 Å². The third-order valence-electron chi connectivity index (χ3n) is 2.19. The molecule has 3 nitrogen and oxygen atoms in total. The van der Waals surface area contributed by atoms with Crippen molar-refractivity contribution in [2.24, 2.45) is 5.92 Å². The van der Waals surface area contributed by atoms with E-state index in [4.69, 9.17) is 4.52 Å². The maximum atomic E-state index is 10.9. The van der Waals surface area contributed by atoms with Crippen molar-refractivity contribution >= 4 is 8.03 Å². The topological polar surface area (TPSA) is 46.5 Å². The predicted molar refractivity (Wildman–Crippen MR) is 51.7 cm³/mol. The van der Waals surface area contributed by atoms with Crippen LogP contribution in [0.25, 0.3) is 0 Å². The van der Waals surface area contributed by atoms with Gasteiger partial charge in [-0.15, -0.1) is 0 Å². The summed E-state index contributed by atoms with van der Waals surface area (Å²) in [6.07, 6.45) is 1.01. The quantitative estimate of drug-likeness (QED) is 0.716. The molecular weight excluding hydrogens is 187 g/mol. The van der Waals surface area contributed by atoms with E-state index >= 15 is 0 Å². The Morgan fingerprint density at radius 3 is 2.69 bits per heavy atom. The van der Waals surface area contributed by atoms with Gasteiger partial charge in [-0.1, -0.05) is 13.8 Å². The molecule has 0 saturated heterocycles. The molecule has 0 fully saturated rings. The first kappa shape index (κ1) is 10.7. The molecule has 0 aromatic carbocycles. The van der Waals surface area contributed by atoms with Gasteiger partial charge in [-0.3, -0.25) is 4.52 Å². The Morgan fingerprint density at radius 1 is 1.62 bits per heavy atom. The van der Waals surface area contributed by atoms with Gasteiger partial charge >= 0.3 is 8.03 Å². The van der Waals surface area contributed by atoms with E-state index in [9.17, 15) is 9.67 Å². The first-order chi connectivity index (χ1) is 6.02. The monoisotopic (exact) mass is 203 g/mol. The Bertz CT molecular complexity index is 245. The lowest BCUT2D eigenvalue weighted by molar-refractivity contribution is 0.202.